The van der Waals surface area contributed by atoms with E-state index in [0.717, 1.165) is 26.1 Å². The largest absolute Gasteiger partial charge is 0.380 e. The highest BCUT2D eigenvalue weighted by molar-refractivity contribution is 4.76. The predicted octanol–water partition coefficient (Wildman–Crippen LogP) is 0.459. The molecule has 1 aliphatic heterocycles. The first-order valence-corrected chi connectivity index (χ1v) is 5.75. The van der Waals surface area contributed by atoms with E-state index in [1.807, 2.05) is 0 Å². The average Bonchev–Trinajstić information content (AvgIpc) is 2.24. The van der Waals surface area contributed by atoms with Gasteiger partial charge >= 0.3 is 0 Å². The smallest absolute Gasteiger partial charge is 0.0705 e. The van der Waals surface area contributed by atoms with Crippen LogP contribution in [0, 0.1) is 0 Å². The van der Waals surface area contributed by atoms with E-state index in [-0.39, 0.29) is 6.10 Å². The lowest BCUT2D eigenvalue weighted by Crippen LogP contribution is -2.48. The van der Waals surface area contributed by atoms with E-state index in [0.29, 0.717) is 18.7 Å². The summed E-state index contributed by atoms with van der Waals surface area (Å²) in [7, 11) is 1.73. The van der Waals surface area contributed by atoms with Gasteiger partial charge < -0.3 is 15.2 Å². The summed E-state index contributed by atoms with van der Waals surface area (Å²) in [6.07, 6.45) is 1.54. The molecule has 1 heterocycles. The summed E-state index contributed by atoms with van der Waals surface area (Å²) >= 11 is 0. The number of hydrogen-bond donors (Lipinski definition) is 1. The van der Waals surface area contributed by atoms with Crippen molar-refractivity contribution < 1.29 is 9.47 Å². The van der Waals surface area contributed by atoms with E-state index in [2.05, 4.69) is 18.7 Å². The normalized spacial score (nSPS) is 30.4. The third-order valence-corrected chi connectivity index (χ3v) is 3.07. The van der Waals surface area contributed by atoms with Gasteiger partial charge in [-0.1, -0.05) is 0 Å². The number of methoxy groups -OCH3 is 1. The number of ether oxygens (including phenoxy) is 2. The summed E-state index contributed by atoms with van der Waals surface area (Å²) in [5, 5.41) is 0. The predicted molar refractivity (Wildman–Crippen MR) is 60.9 cm³/mol. The Balaban J connectivity index is 2.29. The number of hydrogen-bond acceptors (Lipinski definition) is 4. The molecule has 0 bridgehead atoms. The molecule has 0 radical (unpaired) electrons. The third-order valence-electron chi connectivity index (χ3n) is 3.07. The number of nitrogens with zero attached hydrogens (tertiary/aromatic N) is 1. The SMILES string of the molecule is COC(CN)CCN1CC(C)OCC1C. The maximum Gasteiger partial charge on any atom is 0.0705 e. The van der Waals surface area contributed by atoms with Crippen LogP contribution in [0.3, 0.4) is 0 Å². The lowest BCUT2D eigenvalue weighted by atomic mass is 10.1. The standard InChI is InChI=1S/C11H24N2O2/c1-9-8-15-10(2)7-13(9)5-4-11(6-12)14-3/h9-11H,4-8,12H2,1-3H3. The van der Waals surface area contributed by atoms with Crippen LogP contribution in [0.25, 0.3) is 0 Å². The highest BCUT2D eigenvalue weighted by Crippen LogP contribution is 2.12. The summed E-state index contributed by atoms with van der Waals surface area (Å²) < 4.78 is 10.9. The van der Waals surface area contributed by atoms with E-state index in [1.165, 1.54) is 0 Å². The Bertz CT molecular complexity index is 174. The Morgan fingerprint density at radius 1 is 1.53 bits per heavy atom. The molecule has 0 saturated carbocycles. The Kier molecular flexibility index (Phi) is 5.53. The topological polar surface area (TPSA) is 47.7 Å². The van der Waals surface area contributed by atoms with Crippen molar-refractivity contribution in [1.82, 2.24) is 4.90 Å². The molecule has 0 aromatic rings. The number of nitrogens with two attached hydrogens (primary N) is 1. The summed E-state index contributed by atoms with van der Waals surface area (Å²) in [6.45, 7) is 7.82. The molecule has 3 unspecified atom stereocenters. The van der Waals surface area contributed by atoms with E-state index >= 15 is 0 Å². The Morgan fingerprint density at radius 2 is 2.27 bits per heavy atom. The molecule has 0 aromatic heterocycles. The second-order valence-electron chi connectivity index (χ2n) is 4.37. The Morgan fingerprint density at radius 3 is 2.87 bits per heavy atom. The maximum atomic E-state index is 5.59. The first-order valence-electron chi connectivity index (χ1n) is 5.75. The molecule has 4 heteroatoms. The lowest BCUT2D eigenvalue weighted by molar-refractivity contribution is -0.0535. The molecule has 1 fully saturated rings. The zero-order chi connectivity index (χ0) is 11.3. The van der Waals surface area contributed by atoms with Gasteiger partial charge in [0, 0.05) is 32.8 Å². The fourth-order valence-electron chi connectivity index (χ4n) is 1.93. The van der Waals surface area contributed by atoms with Crippen molar-refractivity contribution in [2.75, 3.05) is 33.4 Å². The molecule has 1 aliphatic rings. The van der Waals surface area contributed by atoms with Crippen LogP contribution in [0.15, 0.2) is 0 Å². The first kappa shape index (κ1) is 12.9. The molecule has 0 aromatic carbocycles. The van der Waals surface area contributed by atoms with Crippen LogP contribution in [-0.2, 0) is 9.47 Å². The first-order chi connectivity index (χ1) is 7.17. The van der Waals surface area contributed by atoms with E-state index in [9.17, 15) is 0 Å². The number of rotatable bonds is 5. The fraction of sp³-hybridized carbons (Fsp3) is 1.00. The van der Waals surface area contributed by atoms with Crippen molar-refractivity contribution in [3.63, 3.8) is 0 Å². The monoisotopic (exact) mass is 216 g/mol. The van der Waals surface area contributed by atoms with E-state index in [1.54, 1.807) is 7.11 Å². The maximum absolute atomic E-state index is 5.59. The minimum atomic E-state index is 0.190. The third kappa shape index (κ3) is 4.07. The van der Waals surface area contributed by atoms with Crippen LogP contribution in [0.5, 0.6) is 0 Å². The second kappa shape index (κ2) is 6.43. The summed E-state index contributed by atoms with van der Waals surface area (Å²) in [6, 6.07) is 0.511. The van der Waals surface area contributed by atoms with Crippen LogP contribution in [0.2, 0.25) is 0 Å². The summed E-state index contributed by atoms with van der Waals surface area (Å²) in [5.41, 5.74) is 5.59. The van der Waals surface area contributed by atoms with Gasteiger partial charge in [-0.2, -0.15) is 0 Å². The zero-order valence-electron chi connectivity index (χ0n) is 10.1. The molecule has 2 N–H and O–H groups in total. The second-order valence-corrected chi connectivity index (χ2v) is 4.37. The van der Waals surface area contributed by atoms with Crippen molar-refractivity contribution in [2.45, 2.75) is 38.5 Å². The molecule has 0 spiro atoms. The molecule has 0 aliphatic carbocycles. The highest BCUT2D eigenvalue weighted by atomic mass is 16.5. The zero-order valence-corrected chi connectivity index (χ0v) is 10.1. The van der Waals surface area contributed by atoms with Gasteiger partial charge in [-0.25, -0.2) is 0 Å². The van der Waals surface area contributed by atoms with Crippen molar-refractivity contribution in [3.05, 3.63) is 0 Å². The number of morpholine rings is 1. The summed E-state index contributed by atoms with van der Waals surface area (Å²) in [4.78, 5) is 2.45. The molecule has 0 amide bonds. The highest BCUT2D eigenvalue weighted by Gasteiger charge is 2.23. The van der Waals surface area contributed by atoms with Crippen molar-refractivity contribution in [1.29, 1.82) is 0 Å². The van der Waals surface area contributed by atoms with Crippen molar-refractivity contribution in [3.8, 4) is 0 Å². The van der Waals surface area contributed by atoms with Crippen LogP contribution < -0.4 is 5.73 Å². The molecular weight excluding hydrogens is 192 g/mol. The lowest BCUT2D eigenvalue weighted by Gasteiger charge is -2.37. The van der Waals surface area contributed by atoms with Gasteiger partial charge in [0.15, 0.2) is 0 Å². The molecule has 4 nitrogen and oxygen atoms in total. The molecular formula is C11H24N2O2. The van der Waals surface area contributed by atoms with E-state index < -0.39 is 0 Å². The van der Waals surface area contributed by atoms with Crippen LogP contribution in [0.4, 0.5) is 0 Å². The van der Waals surface area contributed by atoms with Gasteiger partial charge in [-0.3, -0.25) is 4.90 Å². The molecule has 3 atom stereocenters. The van der Waals surface area contributed by atoms with Gasteiger partial charge in [0.05, 0.1) is 18.8 Å². The van der Waals surface area contributed by atoms with E-state index in [4.69, 9.17) is 15.2 Å². The van der Waals surface area contributed by atoms with Gasteiger partial charge in [-0.15, -0.1) is 0 Å². The fourth-order valence-corrected chi connectivity index (χ4v) is 1.93. The molecule has 1 rings (SSSR count). The summed E-state index contributed by atoms with van der Waals surface area (Å²) in [5.74, 6) is 0. The van der Waals surface area contributed by atoms with Gasteiger partial charge in [0.1, 0.15) is 0 Å². The quantitative estimate of drug-likeness (QED) is 0.725. The van der Waals surface area contributed by atoms with Crippen LogP contribution in [0.1, 0.15) is 20.3 Å². The van der Waals surface area contributed by atoms with Crippen LogP contribution in [-0.4, -0.2) is 56.5 Å². The van der Waals surface area contributed by atoms with Gasteiger partial charge in [-0.05, 0) is 20.3 Å². The minimum Gasteiger partial charge on any atom is -0.380 e. The molecule has 1 saturated heterocycles. The van der Waals surface area contributed by atoms with Crippen LogP contribution >= 0.6 is 0 Å². The van der Waals surface area contributed by atoms with Crippen molar-refractivity contribution >= 4 is 0 Å². The molecule has 15 heavy (non-hydrogen) atoms. The van der Waals surface area contributed by atoms with Crippen molar-refractivity contribution in [2.24, 2.45) is 5.73 Å². The minimum absolute atomic E-state index is 0.190. The molecule has 90 valence electrons. The Hall–Kier alpha value is -0.160. The van der Waals surface area contributed by atoms with Gasteiger partial charge in [0.25, 0.3) is 0 Å². The Labute approximate surface area is 92.7 Å². The average molecular weight is 216 g/mol. The van der Waals surface area contributed by atoms with Gasteiger partial charge in [0.2, 0.25) is 0 Å².